The van der Waals surface area contributed by atoms with E-state index in [4.69, 9.17) is 9.26 Å². The van der Waals surface area contributed by atoms with Crippen LogP contribution in [0.2, 0.25) is 0 Å². The van der Waals surface area contributed by atoms with Crippen LogP contribution in [0.25, 0.3) is 11.3 Å². The van der Waals surface area contributed by atoms with E-state index in [1.54, 1.807) is 30.3 Å². The number of piperidine rings is 1. The highest BCUT2D eigenvalue weighted by molar-refractivity contribution is 5.93. The van der Waals surface area contributed by atoms with Crippen LogP contribution in [0.5, 0.6) is 5.75 Å². The molecular formula is C21H27N3O4. The Labute approximate surface area is 164 Å². The average Bonchev–Trinajstić information content (AvgIpc) is 3.24. The second-order valence-electron chi connectivity index (χ2n) is 7.69. The quantitative estimate of drug-likeness (QED) is 0.823. The van der Waals surface area contributed by atoms with Crippen molar-refractivity contribution in [1.29, 1.82) is 0 Å². The van der Waals surface area contributed by atoms with Crippen molar-refractivity contribution in [3.05, 3.63) is 36.0 Å². The highest BCUT2D eigenvalue weighted by Crippen LogP contribution is 2.30. The Morgan fingerprint density at radius 2 is 1.96 bits per heavy atom. The van der Waals surface area contributed by atoms with Crippen LogP contribution in [0, 0.1) is 0 Å². The number of likely N-dealkylation sites (tertiary alicyclic amines) is 1. The van der Waals surface area contributed by atoms with Crippen LogP contribution in [0.1, 0.15) is 42.6 Å². The van der Waals surface area contributed by atoms with Gasteiger partial charge < -0.3 is 19.7 Å². The molecule has 1 aromatic carbocycles. The summed E-state index contributed by atoms with van der Waals surface area (Å²) in [5, 5.41) is 16.6. The minimum Gasteiger partial charge on any atom is -0.508 e. The highest BCUT2D eigenvalue weighted by atomic mass is 16.5. The van der Waals surface area contributed by atoms with Gasteiger partial charge in [-0.25, -0.2) is 0 Å². The molecule has 3 heterocycles. The summed E-state index contributed by atoms with van der Waals surface area (Å²) in [5.41, 5.74) is 0.895. The molecule has 1 aromatic heterocycles. The third-order valence-corrected chi connectivity index (χ3v) is 5.90. The van der Waals surface area contributed by atoms with E-state index >= 15 is 0 Å². The summed E-state index contributed by atoms with van der Waals surface area (Å²) in [5.74, 6) is 0.360. The molecule has 2 aromatic rings. The number of ether oxygens (including phenoxy) is 1. The Bertz CT molecular complexity index is 807. The molecule has 7 nitrogen and oxygen atoms in total. The van der Waals surface area contributed by atoms with E-state index in [9.17, 15) is 9.90 Å². The fourth-order valence-corrected chi connectivity index (χ4v) is 4.24. The molecule has 1 amide bonds. The molecule has 0 aliphatic carbocycles. The number of aromatic hydroxyl groups is 1. The number of nitrogens with one attached hydrogen (secondary N) is 1. The molecule has 0 saturated carbocycles. The van der Waals surface area contributed by atoms with E-state index in [1.807, 2.05) is 0 Å². The third-order valence-electron chi connectivity index (χ3n) is 5.90. The van der Waals surface area contributed by atoms with Gasteiger partial charge in [-0.2, -0.15) is 0 Å². The van der Waals surface area contributed by atoms with Gasteiger partial charge in [-0.15, -0.1) is 0 Å². The number of hydrogen-bond acceptors (Lipinski definition) is 6. The number of phenolic OH excluding ortho intramolecular Hbond substituents is 1. The van der Waals surface area contributed by atoms with Crippen LogP contribution in [-0.4, -0.2) is 59.5 Å². The lowest BCUT2D eigenvalue weighted by atomic mass is 9.86. The lowest BCUT2D eigenvalue weighted by Gasteiger charge is -2.48. The Morgan fingerprint density at radius 1 is 1.18 bits per heavy atom. The van der Waals surface area contributed by atoms with Gasteiger partial charge in [0.25, 0.3) is 5.91 Å². The maximum atomic E-state index is 12.7. The van der Waals surface area contributed by atoms with E-state index in [-0.39, 0.29) is 22.9 Å². The van der Waals surface area contributed by atoms with Crippen molar-refractivity contribution in [3.8, 4) is 17.1 Å². The van der Waals surface area contributed by atoms with Crippen LogP contribution in [0.15, 0.2) is 34.9 Å². The highest BCUT2D eigenvalue weighted by Gasteiger charge is 2.39. The van der Waals surface area contributed by atoms with Gasteiger partial charge in [0, 0.05) is 36.9 Å². The molecule has 2 aliphatic heterocycles. The summed E-state index contributed by atoms with van der Waals surface area (Å²) in [6.07, 6.45) is 5.58. The molecule has 2 fully saturated rings. The first kappa shape index (κ1) is 19.0. The second kappa shape index (κ2) is 8.32. The summed E-state index contributed by atoms with van der Waals surface area (Å²) in [7, 11) is 0. The van der Waals surface area contributed by atoms with Gasteiger partial charge >= 0.3 is 0 Å². The van der Waals surface area contributed by atoms with Crippen molar-refractivity contribution in [2.24, 2.45) is 0 Å². The molecule has 28 heavy (non-hydrogen) atoms. The zero-order valence-corrected chi connectivity index (χ0v) is 16.0. The molecule has 2 aliphatic rings. The SMILES string of the molecule is O=C(NCC1(N2CCCCC2)CCOCC1)c1cc(-c2cccc(O)c2)on1. The first-order valence-corrected chi connectivity index (χ1v) is 10.0. The molecule has 0 bridgehead atoms. The first-order chi connectivity index (χ1) is 13.7. The Morgan fingerprint density at radius 3 is 2.71 bits per heavy atom. The van der Waals surface area contributed by atoms with Gasteiger partial charge in [-0.3, -0.25) is 9.69 Å². The topological polar surface area (TPSA) is 87.8 Å². The van der Waals surface area contributed by atoms with Crippen LogP contribution in [-0.2, 0) is 4.74 Å². The van der Waals surface area contributed by atoms with E-state index in [1.165, 1.54) is 19.3 Å². The fraction of sp³-hybridized carbons (Fsp3) is 0.524. The molecule has 0 radical (unpaired) electrons. The smallest absolute Gasteiger partial charge is 0.273 e. The zero-order chi connectivity index (χ0) is 19.4. The normalized spacial score (nSPS) is 20.0. The van der Waals surface area contributed by atoms with Crippen LogP contribution < -0.4 is 5.32 Å². The standard InChI is InChI=1S/C21H27N3O4/c25-17-6-4-5-16(13-17)19-14-18(23-28-19)20(26)22-15-21(7-11-27-12-8-21)24-9-2-1-3-10-24/h4-6,13-14,25H,1-3,7-12,15H2,(H,22,26). The second-order valence-corrected chi connectivity index (χ2v) is 7.69. The van der Waals surface area contributed by atoms with Crippen LogP contribution in [0.4, 0.5) is 0 Å². The monoisotopic (exact) mass is 385 g/mol. The summed E-state index contributed by atoms with van der Waals surface area (Å²) in [6, 6.07) is 8.30. The van der Waals surface area contributed by atoms with Crippen molar-refractivity contribution in [2.45, 2.75) is 37.6 Å². The molecule has 7 heteroatoms. The fourth-order valence-electron chi connectivity index (χ4n) is 4.24. The number of nitrogens with zero attached hydrogens (tertiary/aromatic N) is 2. The predicted molar refractivity (Wildman–Crippen MR) is 104 cm³/mol. The lowest BCUT2D eigenvalue weighted by molar-refractivity contribution is -0.0349. The van der Waals surface area contributed by atoms with E-state index < -0.39 is 0 Å². The molecule has 2 saturated heterocycles. The maximum Gasteiger partial charge on any atom is 0.273 e. The van der Waals surface area contributed by atoms with E-state index in [2.05, 4.69) is 15.4 Å². The predicted octanol–water partition coefficient (Wildman–Crippen LogP) is 2.81. The average molecular weight is 385 g/mol. The van der Waals surface area contributed by atoms with Crippen molar-refractivity contribution >= 4 is 5.91 Å². The van der Waals surface area contributed by atoms with Gasteiger partial charge in [0.2, 0.25) is 0 Å². The number of phenols is 1. The lowest BCUT2D eigenvalue weighted by Crippen LogP contribution is -2.59. The van der Waals surface area contributed by atoms with Gasteiger partial charge in [0.05, 0.1) is 0 Å². The number of carbonyl (C=O) groups excluding carboxylic acids is 1. The molecule has 0 atom stereocenters. The summed E-state index contributed by atoms with van der Waals surface area (Å²) >= 11 is 0. The van der Waals surface area contributed by atoms with Crippen molar-refractivity contribution in [1.82, 2.24) is 15.4 Å². The molecular weight excluding hydrogens is 358 g/mol. The molecule has 4 rings (SSSR count). The summed E-state index contributed by atoms with van der Waals surface area (Å²) in [4.78, 5) is 15.2. The minimum atomic E-state index is -0.238. The molecule has 2 N–H and O–H groups in total. The molecule has 0 spiro atoms. The number of benzene rings is 1. The van der Waals surface area contributed by atoms with Gasteiger partial charge in [-0.1, -0.05) is 23.7 Å². The number of amides is 1. The zero-order valence-electron chi connectivity index (χ0n) is 16.0. The maximum absolute atomic E-state index is 12.7. The Balaban J connectivity index is 1.44. The Kier molecular flexibility index (Phi) is 5.64. The molecule has 150 valence electrons. The third kappa shape index (κ3) is 4.05. The van der Waals surface area contributed by atoms with Crippen LogP contribution >= 0.6 is 0 Å². The van der Waals surface area contributed by atoms with E-state index in [0.29, 0.717) is 17.9 Å². The Hall–Kier alpha value is -2.38. The number of hydrogen-bond donors (Lipinski definition) is 2. The summed E-state index contributed by atoms with van der Waals surface area (Å²) < 4.78 is 10.9. The van der Waals surface area contributed by atoms with Crippen molar-refractivity contribution < 1.29 is 19.2 Å². The minimum absolute atomic E-state index is 0.0356. The van der Waals surface area contributed by atoms with Crippen molar-refractivity contribution in [3.63, 3.8) is 0 Å². The van der Waals surface area contributed by atoms with Gasteiger partial charge in [-0.05, 0) is 50.9 Å². The van der Waals surface area contributed by atoms with E-state index in [0.717, 1.165) is 39.1 Å². The summed E-state index contributed by atoms with van der Waals surface area (Å²) in [6.45, 7) is 4.22. The number of rotatable bonds is 5. The molecule has 0 unspecified atom stereocenters. The first-order valence-electron chi connectivity index (χ1n) is 10.0. The largest absolute Gasteiger partial charge is 0.508 e. The van der Waals surface area contributed by atoms with Gasteiger partial charge in [0.1, 0.15) is 5.75 Å². The number of aromatic nitrogens is 1. The van der Waals surface area contributed by atoms with Crippen LogP contribution in [0.3, 0.4) is 0 Å². The van der Waals surface area contributed by atoms with Crippen molar-refractivity contribution in [2.75, 3.05) is 32.8 Å². The van der Waals surface area contributed by atoms with Gasteiger partial charge in [0.15, 0.2) is 11.5 Å². The number of carbonyl (C=O) groups is 1.